The predicted molar refractivity (Wildman–Crippen MR) is 76.5 cm³/mol. The lowest BCUT2D eigenvalue weighted by molar-refractivity contribution is -0.134. The number of likely N-dealkylation sites (N-methyl/N-ethyl adjacent to an activating group) is 1. The van der Waals surface area contributed by atoms with Crippen LogP contribution in [0.25, 0.3) is 0 Å². The number of rotatable bonds is 3. The van der Waals surface area contributed by atoms with E-state index in [0.717, 1.165) is 19.6 Å². The van der Waals surface area contributed by atoms with E-state index in [1.54, 1.807) is 0 Å². The molecule has 1 aromatic rings. The zero-order chi connectivity index (χ0) is 13.8. The fourth-order valence-electron chi connectivity index (χ4n) is 2.80. The summed E-state index contributed by atoms with van der Waals surface area (Å²) in [5, 5.41) is 0. The van der Waals surface area contributed by atoms with E-state index in [0.29, 0.717) is 12.5 Å². The van der Waals surface area contributed by atoms with Gasteiger partial charge in [-0.25, -0.2) is 0 Å². The zero-order valence-corrected chi connectivity index (χ0v) is 11.7. The molecule has 2 rings (SSSR count). The molecule has 0 radical (unpaired) electrons. The van der Waals surface area contributed by atoms with Crippen molar-refractivity contribution in [3.63, 3.8) is 0 Å². The SMILES string of the molecule is CC1CN(C)C(=O)C(CN)N(Cc2ccccc2)C1. The van der Waals surface area contributed by atoms with Crippen LogP contribution in [0.15, 0.2) is 30.3 Å². The second-order valence-corrected chi connectivity index (χ2v) is 5.49. The minimum Gasteiger partial charge on any atom is -0.344 e. The molecule has 2 N–H and O–H groups in total. The molecule has 19 heavy (non-hydrogen) atoms. The van der Waals surface area contributed by atoms with Crippen LogP contribution in [-0.2, 0) is 11.3 Å². The molecular formula is C15H23N3O. The molecule has 4 nitrogen and oxygen atoms in total. The maximum atomic E-state index is 12.3. The van der Waals surface area contributed by atoms with Crippen LogP contribution in [0.4, 0.5) is 0 Å². The quantitative estimate of drug-likeness (QED) is 0.880. The third-order valence-electron chi connectivity index (χ3n) is 3.69. The molecular weight excluding hydrogens is 238 g/mol. The summed E-state index contributed by atoms with van der Waals surface area (Å²) in [5.74, 6) is 0.608. The van der Waals surface area contributed by atoms with E-state index in [4.69, 9.17) is 5.73 Å². The first-order chi connectivity index (χ1) is 9.11. The van der Waals surface area contributed by atoms with Crippen LogP contribution in [0, 0.1) is 5.92 Å². The van der Waals surface area contributed by atoms with Crippen molar-refractivity contribution in [3.05, 3.63) is 35.9 Å². The monoisotopic (exact) mass is 261 g/mol. The van der Waals surface area contributed by atoms with E-state index >= 15 is 0 Å². The van der Waals surface area contributed by atoms with Crippen LogP contribution < -0.4 is 5.73 Å². The van der Waals surface area contributed by atoms with Crippen molar-refractivity contribution in [2.45, 2.75) is 19.5 Å². The average Bonchev–Trinajstić information content (AvgIpc) is 2.48. The highest BCUT2D eigenvalue weighted by atomic mass is 16.2. The first-order valence-electron chi connectivity index (χ1n) is 6.85. The van der Waals surface area contributed by atoms with Gasteiger partial charge >= 0.3 is 0 Å². The van der Waals surface area contributed by atoms with Crippen molar-refractivity contribution in [2.75, 3.05) is 26.7 Å². The van der Waals surface area contributed by atoms with Crippen LogP contribution in [-0.4, -0.2) is 48.4 Å². The molecule has 1 saturated heterocycles. The van der Waals surface area contributed by atoms with Gasteiger partial charge in [-0.05, 0) is 11.5 Å². The number of benzene rings is 1. The van der Waals surface area contributed by atoms with Gasteiger partial charge in [0, 0.05) is 33.2 Å². The van der Waals surface area contributed by atoms with Gasteiger partial charge in [-0.15, -0.1) is 0 Å². The first kappa shape index (κ1) is 14.0. The highest BCUT2D eigenvalue weighted by Crippen LogP contribution is 2.17. The largest absolute Gasteiger partial charge is 0.344 e. The van der Waals surface area contributed by atoms with Crippen molar-refractivity contribution < 1.29 is 4.79 Å². The molecule has 0 aromatic heterocycles. The molecule has 0 saturated carbocycles. The van der Waals surface area contributed by atoms with E-state index < -0.39 is 0 Å². The van der Waals surface area contributed by atoms with Crippen molar-refractivity contribution in [1.29, 1.82) is 0 Å². The van der Waals surface area contributed by atoms with Gasteiger partial charge in [0.1, 0.15) is 6.04 Å². The van der Waals surface area contributed by atoms with Crippen LogP contribution in [0.3, 0.4) is 0 Å². The fraction of sp³-hybridized carbons (Fsp3) is 0.533. The Kier molecular flexibility index (Phi) is 4.56. The summed E-state index contributed by atoms with van der Waals surface area (Å²) in [7, 11) is 1.87. The van der Waals surface area contributed by atoms with Gasteiger partial charge in [0.25, 0.3) is 0 Å². The van der Waals surface area contributed by atoms with E-state index in [2.05, 4.69) is 24.0 Å². The maximum Gasteiger partial charge on any atom is 0.241 e. The number of carbonyl (C=O) groups excluding carboxylic acids is 1. The van der Waals surface area contributed by atoms with Crippen molar-refractivity contribution >= 4 is 5.91 Å². The molecule has 1 aliphatic heterocycles. The molecule has 1 amide bonds. The lowest BCUT2D eigenvalue weighted by Crippen LogP contribution is -2.48. The number of amides is 1. The van der Waals surface area contributed by atoms with Crippen LogP contribution in [0.5, 0.6) is 0 Å². The van der Waals surface area contributed by atoms with E-state index in [1.165, 1.54) is 5.56 Å². The third kappa shape index (κ3) is 3.33. The smallest absolute Gasteiger partial charge is 0.241 e. The highest BCUT2D eigenvalue weighted by molar-refractivity contribution is 5.82. The average molecular weight is 261 g/mol. The topological polar surface area (TPSA) is 49.6 Å². The van der Waals surface area contributed by atoms with E-state index in [-0.39, 0.29) is 11.9 Å². The predicted octanol–water partition coefficient (Wildman–Crippen LogP) is 0.924. The van der Waals surface area contributed by atoms with Crippen molar-refractivity contribution in [3.8, 4) is 0 Å². The van der Waals surface area contributed by atoms with Gasteiger partial charge in [-0.3, -0.25) is 9.69 Å². The fourth-order valence-corrected chi connectivity index (χ4v) is 2.80. The minimum atomic E-state index is -0.199. The molecule has 1 heterocycles. The molecule has 1 aliphatic rings. The number of hydrogen-bond donors (Lipinski definition) is 1. The van der Waals surface area contributed by atoms with Crippen molar-refractivity contribution in [2.24, 2.45) is 11.7 Å². The second-order valence-electron chi connectivity index (χ2n) is 5.49. The number of nitrogens with two attached hydrogens (primary N) is 1. The van der Waals surface area contributed by atoms with Gasteiger partial charge in [0.2, 0.25) is 5.91 Å². The van der Waals surface area contributed by atoms with E-state index in [1.807, 2.05) is 30.1 Å². The number of hydrogen-bond acceptors (Lipinski definition) is 3. The van der Waals surface area contributed by atoms with Crippen LogP contribution in [0.2, 0.25) is 0 Å². The highest BCUT2D eigenvalue weighted by Gasteiger charge is 2.32. The summed E-state index contributed by atoms with van der Waals surface area (Å²) in [6.07, 6.45) is 0. The van der Waals surface area contributed by atoms with Crippen LogP contribution in [0.1, 0.15) is 12.5 Å². The molecule has 104 valence electrons. The van der Waals surface area contributed by atoms with Crippen LogP contribution >= 0.6 is 0 Å². The van der Waals surface area contributed by atoms with Gasteiger partial charge < -0.3 is 10.6 Å². The standard InChI is InChI=1S/C15H23N3O/c1-12-9-17(2)15(19)14(8-16)18(10-12)11-13-6-4-3-5-7-13/h3-7,12,14H,8-11,16H2,1-2H3. The molecule has 0 spiro atoms. The van der Waals surface area contributed by atoms with Crippen molar-refractivity contribution in [1.82, 2.24) is 9.80 Å². The molecule has 1 aromatic carbocycles. The zero-order valence-electron chi connectivity index (χ0n) is 11.7. The normalized spacial score (nSPS) is 25.4. The summed E-state index contributed by atoms with van der Waals surface area (Å²) < 4.78 is 0. The number of carbonyl (C=O) groups is 1. The first-order valence-corrected chi connectivity index (χ1v) is 6.85. The molecule has 0 aliphatic carbocycles. The molecule has 2 atom stereocenters. The Bertz CT molecular complexity index is 421. The Balaban J connectivity index is 2.18. The summed E-state index contributed by atoms with van der Waals surface area (Å²) >= 11 is 0. The molecule has 4 heteroatoms. The maximum absolute atomic E-state index is 12.3. The lowest BCUT2D eigenvalue weighted by Gasteiger charge is -2.29. The Morgan fingerprint density at radius 2 is 1.95 bits per heavy atom. The lowest BCUT2D eigenvalue weighted by atomic mass is 10.1. The van der Waals surface area contributed by atoms with Gasteiger partial charge in [-0.1, -0.05) is 37.3 Å². The minimum absolute atomic E-state index is 0.141. The molecule has 0 bridgehead atoms. The third-order valence-corrected chi connectivity index (χ3v) is 3.69. The van der Waals surface area contributed by atoms with Gasteiger partial charge in [-0.2, -0.15) is 0 Å². The molecule has 2 unspecified atom stereocenters. The van der Waals surface area contributed by atoms with E-state index in [9.17, 15) is 4.79 Å². The Morgan fingerprint density at radius 1 is 1.26 bits per heavy atom. The van der Waals surface area contributed by atoms with Gasteiger partial charge in [0.05, 0.1) is 0 Å². The Labute approximate surface area is 115 Å². The summed E-state index contributed by atoms with van der Waals surface area (Å²) in [6.45, 7) is 5.06. The Morgan fingerprint density at radius 3 is 2.58 bits per heavy atom. The summed E-state index contributed by atoms with van der Waals surface area (Å²) in [6, 6.07) is 10.1. The molecule has 1 fully saturated rings. The Hall–Kier alpha value is -1.39. The second kappa shape index (κ2) is 6.17. The summed E-state index contributed by atoms with van der Waals surface area (Å²) in [5.41, 5.74) is 7.05. The van der Waals surface area contributed by atoms with Gasteiger partial charge in [0.15, 0.2) is 0 Å². The summed E-state index contributed by atoms with van der Waals surface area (Å²) in [4.78, 5) is 16.4. The number of nitrogens with zero attached hydrogens (tertiary/aromatic N) is 2.